The van der Waals surface area contributed by atoms with E-state index in [1.807, 2.05) is 56.3 Å². The maximum atomic E-state index is 14.3. The Morgan fingerprint density at radius 3 is 2.52 bits per heavy atom. The molecule has 2 fully saturated rings. The summed E-state index contributed by atoms with van der Waals surface area (Å²) in [4.78, 5) is 34.5. The summed E-state index contributed by atoms with van der Waals surface area (Å²) in [5.74, 6) is -2.71. The second kappa shape index (κ2) is 15.4. The average Bonchev–Trinajstić information content (AvgIpc) is 3.76. The van der Waals surface area contributed by atoms with Gasteiger partial charge in [0, 0.05) is 37.4 Å². The maximum absolute atomic E-state index is 14.3. The van der Waals surface area contributed by atoms with Gasteiger partial charge in [0.2, 0.25) is 15.9 Å². The number of carbonyl (C=O) groups is 2. The Morgan fingerprint density at radius 1 is 1.10 bits per heavy atom. The van der Waals surface area contributed by atoms with Crippen LogP contribution in [0.2, 0.25) is 0 Å². The van der Waals surface area contributed by atoms with E-state index in [1.165, 1.54) is 22.7 Å². The second-order valence-corrected chi connectivity index (χ2v) is 15.2. The molecule has 2 amide bonds. The van der Waals surface area contributed by atoms with Gasteiger partial charge in [0.15, 0.2) is 0 Å². The fourth-order valence-corrected chi connectivity index (χ4v) is 8.21. The van der Waals surface area contributed by atoms with Crippen molar-refractivity contribution in [3.05, 3.63) is 89.7 Å². The van der Waals surface area contributed by atoms with Gasteiger partial charge in [0.25, 0.3) is 0 Å². The first-order valence-corrected chi connectivity index (χ1v) is 18.3. The molecule has 4 heterocycles. The third-order valence-corrected chi connectivity index (χ3v) is 10.9. The second-order valence-electron chi connectivity index (χ2n) is 13.2. The predicted molar refractivity (Wildman–Crippen MR) is 185 cm³/mol. The number of hydrogen-bond acceptors (Lipinski definition) is 10. The predicted octanol–water partition coefficient (Wildman–Crippen LogP) is 3.84. The Hall–Kier alpha value is -4.21. The van der Waals surface area contributed by atoms with Crippen LogP contribution in [0.1, 0.15) is 49.3 Å². The van der Waals surface area contributed by atoms with Crippen molar-refractivity contribution in [2.75, 3.05) is 31.6 Å². The molecule has 14 heteroatoms. The van der Waals surface area contributed by atoms with Crippen LogP contribution in [0.15, 0.2) is 82.9 Å². The van der Waals surface area contributed by atoms with Crippen molar-refractivity contribution in [3.8, 4) is 0 Å². The molecule has 3 atom stereocenters. The van der Waals surface area contributed by atoms with E-state index in [9.17, 15) is 23.1 Å². The largest absolute Gasteiger partial charge is 0.411 e. The number of nitrogens with one attached hydrogen (secondary N) is 2. The third-order valence-electron chi connectivity index (χ3n) is 9.11. The molecular formula is C36H43N5O8S. The Balaban J connectivity index is 1.22. The number of benzene rings is 2. The first kappa shape index (κ1) is 35.6. The van der Waals surface area contributed by atoms with Crippen molar-refractivity contribution in [2.24, 2.45) is 16.8 Å². The van der Waals surface area contributed by atoms with Crippen LogP contribution in [0.4, 0.5) is 10.5 Å². The normalized spacial score (nSPS) is 22.8. The molecule has 266 valence electrons. The molecule has 0 radical (unpaired) electrons. The number of aliphatic imine (C=N–C) groups is 1. The smallest absolute Gasteiger partial charge is 0.391 e. The van der Waals surface area contributed by atoms with E-state index >= 15 is 0 Å². The highest BCUT2D eigenvalue weighted by atomic mass is 32.2. The van der Waals surface area contributed by atoms with Gasteiger partial charge >= 0.3 is 12.1 Å². The summed E-state index contributed by atoms with van der Waals surface area (Å²) < 4.78 is 46.8. The lowest BCUT2D eigenvalue weighted by Crippen LogP contribution is -2.53. The number of nitrogens with zero attached hydrogens (tertiary/aromatic N) is 3. The molecule has 6 rings (SSSR count). The summed E-state index contributed by atoms with van der Waals surface area (Å²) in [7, 11) is -4.18. The number of aromatic nitrogens is 1. The topological polar surface area (TPSA) is 169 Å². The standard InChI is InChI=1S/C36H43N5O8S/c1-24(2)22-41(50(45,46)28-8-9-31-29(19-28)30(34(43)39-31)21-38-20-26-10-14-37-15-11-26)23-33(42)32(18-25-6-4-3-5-7-25)40-35(44)49-36-27(12-16-47-36)13-17-48-36/h3-11,14-15,19,21,24,27,30,32-33,42H,12-13,16-18,20,22-23H2,1-2H3,(H,39,43)(H,40,44). The summed E-state index contributed by atoms with van der Waals surface area (Å²) in [5, 5.41) is 17.2. The molecule has 3 aliphatic rings. The fourth-order valence-electron chi connectivity index (χ4n) is 6.55. The van der Waals surface area contributed by atoms with Crippen molar-refractivity contribution in [2.45, 2.75) is 68.6 Å². The van der Waals surface area contributed by atoms with Crippen LogP contribution in [0.5, 0.6) is 0 Å². The lowest BCUT2D eigenvalue weighted by molar-refractivity contribution is -0.326. The minimum Gasteiger partial charge on any atom is -0.391 e. The monoisotopic (exact) mass is 705 g/mol. The third kappa shape index (κ3) is 8.05. The molecule has 3 aromatic rings. The van der Waals surface area contributed by atoms with Gasteiger partial charge in [-0.15, -0.1) is 0 Å². The molecule has 2 aromatic carbocycles. The maximum Gasteiger partial charge on any atom is 0.411 e. The number of carbonyl (C=O) groups excluding carboxylic acids is 2. The van der Waals surface area contributed by atoms with Crippen LogP contribution >= 0.6 is 0 Å². The number of aliphatic hydroxyl groups is 1. The molecule has 0 saturated carbocycles. The minimum atomic E-state index is -4.18. The highest BCUT2D eigenvalue weighted by Gasteiger charge is 2.53. The van der Waals surface area contributed by atoms with Gasteiger partial charge in [-0.25, -0.2) is 13.2 Å². The van der Waals surface area contributed by atoms with E-state index in [1.54, 1.807) is 18.5 Å². The Kier molecular flexibility index (Phi) is 10.9. The van der Waals surface area contributed by atoms with Gasteiger partial charge < -0.3 is 30.0 Å². The number of sulfonamides is 1. The Bertz CT molecular complexity index is 1780. The fraction of sp³-hybridized carbons (Fsp3) is 0.444. The van der Waals surface area contributed by atoms with Crippen LogP contribution in [0, 0.1) is 11.8 Å². The lowest BCUT2D eigenvalue weighted by Gasteiger charge is -2.32. The van der Waals surface area contributed by atoms with Crippen molar-refractivity contribution in [1.82, 2.24) is 14.6 Å². The van der Waals surface area contributed by atoms with Crippen LogP contribution < -0.4 is 10.6 Å². The molecule has 3 aliphatic heterocycles. The highest BCUT2D eigenvalue weighted by molar-refractivity contribution is 7.89. The van der Waals surface area contributed by atoms with Crippen LogP contribution in [0.3, 0.4) is 0 Å². The lowest BCUT2D eigenvalue weighted by atomic mass is 10.0. The van der Waals surface area contributed by atoms with Crippen LogP contribution in [-0.4, -0.2) is 85.5 Å². The molecular weight excluding hydrogens is 662 g/mol. The van der Waals surface area contributed by atoms with E-state index in [2.05, 4.69) is 20.6 Å². The number of amides is 2. The van der Waals surface area contributed by atoms with E-state index in [0.29, 0.717) is 43.9 Å². The zero-order valence-corrected chi connectivity index (χ0v) is 28.9. The van der Waals surface area contributed by atoms with E-state index in [0.717, 1.165) is 11.1 Å². The van der Waals surface area contributed by atoms with Gasteiger partial charge in [-0.05, 0) is 72.2 Å². The number of anilines is 1. The van der Waals surface area contributed by atoms with Crippen molar-refractivity contribution in [3.63, 3.8) is 0 Å². The molecule has 2 saturated heterocycles. The summed E-state index contributed by atoms with van der Waals surface area (Å²) in [6.07, 6.45) is 4.31. The summed E-state index contributed by atoms with van der Waals surface area (Å²) in [5.41, 5.74) is 2.75. The molecule has 0 aliphatic carbocycles. The number of aliphatic hydroxyl groups excluding tert-OH is 1. The minimum absolute atomic E-state index is 0.0259. The Morgan fingerprint density at radius 2 is 1.82 bits per heavy atom. The average molecular weight is 706 g/mol. The quantitative estimate of drug-likeness (QED) is 0.211. The van der Waals surface area contributed by atoms with Gasteiger partial charge in [-0.3, -0.25) is 14.8 Å². The first-order chi connectivity index (χ1) is 24.0. The number of hydrogen-bond donors (Lipinski definition) is 3. The molecule has 13 nitrogen and oxygen atoms in total. The number of pyridine rings is 1. The van der Waals surface area contributed by atoms with E-state index < -0.39 is 40.2 Å². The SMILES string of the molecule is CC(C)CN(CC(O)C(Cc1ccccc1)NC(=O)OC12OCCC1CCO2)S(=O)(=O)c1ccc2c(c1)C(C=NCc1ccncc1)C(=O)N2. The number of rotatable bonds is 14. The molecule has 3 unspecified atom stereocenters. The zero-order chi connectivity index (χ0) is 35.3. The number of alkyl carbamates (subject to hydrolysis) is 1. The highest BCUT2D eigenvalue weighted by Crippen LogP contribution is 2.42. The van der Waals surface area contributed by atoms with Crippen molar-refractivity contribution >= 4 is 33.9 Å². The number of ether oxygens (including phenoxy) is 3. The van der Waals surface area contributed by atoms with Gasteiger partial charge in [-0.2, -0.15) is 4.31 Å². The van der Waals surface area contributed by atoms with Crippen LogP contribution in [-0.2, 0) is 42.0 Å². The van der Waals surface area contributed by atoms with Gasteiger partial charge in [0.05, 0.1) is 42.7 Å². The van der Waals surface area contributed by atoms with Crippen molar-refractivity contribution in [1.29, 1.82) is 0 Å². The molecule has 0 bridgehead atoms. The summed E-state index contributed by atoms with van der Waals surface area (Å²) in [6.45, 7) is 4.69. The van der Waals surface area contributed by atoms with Crippen LogP contribution in [0.25, 0.3) is 0 Å². The molecule has 3 N–H and O–H groups in total. The first-order valence-electron chi connectivity index (χ1n) is 16.9. The van der Waals surface area contributed by atoms with E-state index in [-0.39, 0.29) is 42.1 Å². The van der Waals surface area contributed by atoms with Crippen molar-refractivity contribution < 1.29 is 37.3 Å². The molecule has 1 aromatic heterocycles. The zero-order valence-electron chi connectivity index (χ0n) is 28.1. The van der Waals surface area contributed by atoms with E-state index in [4.69, 9.17) is 14.2 Å². The summed E-state index contributed by atoms with van der Waals surface area (Å²) >= 11 is 0. The molecule has 50 heavy (non-hydrogen) atoms. The van der Waals surface area contributed by atoms with Gasteiger partial charge in [0.1, 0.15) is 5.92 Å². The number of fused-ring (bicyclic) bond motifs is 2. The molecule has 0 spiro atoms. The van der Waals surface area contributed by atoms with Gasteiger partial charge in [-0.1, -0.05) is 44.2 Å². The summed E-state index contributed by atoms with van der Waals surface area (Å²) in [6, 6.07) is 16.5. The Labute approximate surface area is 292 Å².